The van der Waals surface area contributed by atoms with Crippen LogP contribution in [0.5, 0.6) is 11.5 Å². The van der Waals surface area contributed by atoms with Crippen molar-refractivity contribution in [2.45, 2.75) is 13.8 Å². The molecule has 0 unspecified atom stereocenters. The van der Waals surface area contributed by atoms with Crippen LogP contribution in [0.2, 0.25) is 0 Å². The number of hydrogen-bond donors (Lipinski definition) is 0. The van der Waals surface area contributed by atoms with Gasteiger partial charge in [-0.2, -0.15) is 5.26 Å². The number of hydrogen-bond acceptors (Lipinski definition) is 4. The number of ether oxygens (including phenoxy) is 2. The average Bonchev–Trinajstić information content (AvgIpc) is 2.49. The maximum absolute atomic E-state index is 11.7. The molecule has 0 aliphatic heterocycles. The van der Waals surface area contributed by atoms with Crippen LogP contribution >= 0.6 is 0 Å². The number of esters is 1. The van der Waals surface area contributed by atoms with Gasteiger partial charge in [0.15, 0.2) is 6.61 Å². The van der Waals surface area contributed by atoms with Crippen LogP contribution in [0.25, 0.3) is 0 Å². The van der Waals surface area contributed by atoms with Crippen LogP contribution in [-0.2, 0) is 4.79 Å². The molecule has 2 aromatic carbocycles. The lowest BCUT2D eigenvalue weighted by Crippen LogP contribution is -2.18. The molecule has 0 saturated heterocycles. The zero-order valence-corrected chi connectivity index (χ0v) is 11.9. The standard InChI is InChI=1S/C17H15NO3/c1-12-3-4-13(2)16(9-12)20-11-17(19)21-15-7-5-14(10-18)6-8-15/h3-9H,11H2,1-2H3. The van der Waals surface area contributed by atoms with Crippen LogP contribution in [0.3, 0.4) is 0 Å². The second-order valence-corrected chi connectivity index (χ2v) is 4.67. The highest BCUT2D eigenvalue weighted by Crippen LogP contribution is 2.19. The summed E-state index contributed by atoms with van der Waals surface area (Å²) < 4.78 is 10.6. The van der Waals surface area contributed by atoms with E-state index in [1.54, 1.807) is 24.3 Å². The first-order chi connectivity index (χ1) is 10.1. The minimum Gasteiger partial charge on any atom is -0.482 e. The summed E-state index contributed by atoms with van der Waals surface area (Å²) in [6.07, 6.45) is 0. The highest BCUT2D eigenvalue weighted by atomic mass is 16.6. The second-order valence-electron chi connectivity index (χ2n) is 4.67. The lowest BCUT2D eigenvalue weighted by Gasteiger charge is -2.09. The molecule has 0 aromatic heterocycles. The van der Waals surface area contributed by atoms with Gasteiger partial charge in [-0.25, -0.2) is 4.79 Å². The van der Waals surface area contributed by atoms with E-state index in [0.29, 0.717) is 17.1 Å². The van der Waals surface area contributed by atoms with Crippen LogP contribution in [-0.4, -0.2) is 12.6 Å². The maximum Gasteiger partial charge on any atom is 0.349 e. The molecular formula is C17H15NO3. The van der Waals surface area contributed by atoms with Crippen molar-refractivity contribution in [3.8, 4) is 17.6 Å². The van der Waals surface area contributed by atoms with Gasteiger partial charge in [-0.15, -0.1) is 0 Å². The second kappa shape index (κ2) is 6.58. The maximum atomic E-state index is 11.7. The third kappa shape index (κ3) is 4.08. The summed E-state index contributed by atoms with van der Waals surface area (Å²) in [5.41, 5.74) is 2.55. The quantitative estimate of drug-likeness (QED) is 0.638. The van der Waals surface area contributed by atoms with Crippen LogP contribution in [0.4, 0.5) is 0 Å². The first-order valence-corrected chi connectivity index (χ1v) is 6.49. The van der Waals surface area contributed by atoms with Crippen LogP contribution in [0.15, 0.2) is 42.5 Å². The van der Waals surface area contributed by atoms with E-state index in [1.807, 2.05) is 38.1 Å². The van der Waals surface area contributed by atoms with Gasteiger partial charge < -0.3 is 9.47 Å². The van der Waals surface area contributed by atoms with Gasteiger partial charge >= 0.3 is 5.97 Å². The summed E-state index contributed by atoms with van der Waals surface area (Å²) in [6.45, 7) is 3.71. The molecule has 0 aliphatic carbocycles. The summed E-state index contributed by atoms with van der Waals surface area (Å²) >= 11 is 0. The summed E-state index contributed by atoms with van der Waals surface area (Å²) in [5, 5.41) is 8.69. The predicted molar refractivity (Wildman–Crippen MR) is 78.2 cm³/mol. The molecule has 0 radical (unpaired) electrons. The predicted octanol–water partition coefficient (Wildman–Crippen LogP) is 3.16. The zero-order valence-electron chi connectivity index (χ0n) is 11.9. The van der Waals surface area contributed by atoms with Gasteiger partial charge in [0, 0.05) is 0 Å². The highest BCUT2D eigenvalue weighted by Gasteiger charge is 2.08. The molecule has 2 aromatic rings. The van der Waals surface area contributed by atoms with Gasteiger partial charge in [-0.1, -0.05) is 12.1 Å². The Hall–Kier alpha value is -2.80. The van der Waals surface area contributed by atoms with Crippen molar-refractivity contribution < 1.29 is 14.3 Å². The Morgan fingerprint density at radius 2 is 1.86 bits per heavy atom. The minimum absolute atomic E-state index is 0.162. The molecule has 0 fully saturated rings. The third-order valence-electron chi connectivity index (χ3n) is 2.90. The summed E-state index contributed by atoms with van der Waals surface area (Å²) in [7, 11) is 0. The lowest BCUT2D eigenvalue weighted by molar-refractivity contribution is -0.136. The van der Waals surface area contributed by atoms with Crippen LogP contribution in [0, 0.1) is 25.2 Å². The Morgan fingerprint density at radius 3 is 2.52 bits per heavy atom. The van der Waals surface area contributed by atoms with E-state index < -0.39 is 5.97 Å². The van der Waals surface area contributed by atoms with Crippen molar-refractivity contribution >= 4 is 5.97 Å². The fourth-order valence-corrected chi connectivity index (χ4v) is 1.76. The van der Waals surface area contributed by atoms with Gasteiger partial charge in [-0.05, 0) is 55.3 Å². The largest absolute Gasteiger partial charge is 0.482 e. The molecule has 0 bridgehead atoms. The Kier molecular flexibility index (Phi) is 4.57. The number of carbonyl (C=O) groups excluding carboxylic acids is 1. The van der Waals surface area contributed by atoms with Gasteiger partial charge in [0.1, 0.15) is 11.5 Å². The fourth-order valence-electron chi connectivity index (χ4n) is 1.76. The van der Waals surface area contributed by atoms with E-state index in [9.17, 15) is 4.79 Å². The Balaban J connectivity index is 1.92. The third-order valence-corrected chi connectivity index (χ3v) is 2.90. The highest BCUT2D eigenvalue weighted by molar-refractivity contribution is 5.74. The van der Waals surface area contributed by atoms with E-state index in [2.05, 4.69) is 0 Å². The number of rotatable bonds is 4. The molecule has 2 rings (SSSR count). The minimum atomic E-state index is -0.486. The summed E-state index contributed by atoms with van der Waals surface area (Å²) in [5.74, 6) is 0.580. The lowest BCUT2D eigenvalue weighted by atomic mass is 10.1. The molecule has 4 nitrogen and oxygen atoms in total. The molecule has 0 aliphatic rings. The van der Waals surface area contributed by atoms with Crippen molar-refractivity contribution in [2.75, 3.05) is 6.61 Å². The Labute approximate surface area is 123 Å². The molecule has 4 heteroatoms. The molecule has 0 N–H and O–H groups in total. The van der Waals surface area contributed by atoms with E-state index >= 15 is 0 Å². The number of carbonyl (C=O) groups is 1. The first-order valence-electron chi connectivity index (χ1n) is 6.49. The van der Waals surface area contributed by atoms with E-state index in [4.69, 9.17) is 14.7 Å². The van der Waals surface area contributed by atoms with Crippen LogP contribution < -0.4 is 9.47 Å². The van der Waals surface area contributed by atoms with Crippen molar-refractivity contribution in [2.24, 2.45) is 0 Å². The molecular weight excluding hydrogens is 266 g/mol. The SMILES string of the molecule is Cc1ccc(C)c(OCC(=O)Oc2ccc(C#N)cc2)c1. The van der Waals surface area contributed by atoms with Crippen LogP contribution in [0.1, 0.15) is 16.7 Å². The molecule has 0 spiro atoms. The van der Waals surface area contributed by atoms with Gasteiger partial charge in [0.05, 0.1) is 11.6 Å². The van der Waals surface area contributed by atoms with Crippen molar-refractivity contribution in [1.29, 1.82) is 5.26 Å². The molecule has 0 amide bonds. The molecule has 0 saturated carbocycles. The van der Waals surface area contributed by atoms with Crippen molar-refractivity contribution in [3.63, 3.8) is 0 Å². The topological polar surface area (TPSA) is 59.3 Å². The van der Waals surface area contributed by atoms with E-state index in [0.717, 1.165) is 11.1 Å². The fraction of sp³-hybridized carbons (Fsp3) is 0.176. The molecule has 0 atom stereocenters. The van der Waals surface area contributed by atoms with E-state index in [-0.39, 0.29) is 6.61 Å². The summed E-state index contributed by atoms with van der Waals surface area (Å²) in [4.78, 5) is 11.7. The molecule has 21 heavy (non-hydrogen) atoms. The number of aryl methyl sites for hydroxylation is 2. The summed E-state index contributed by atoms with van der Waals surface area (Å²) in [6, 6.07) is 14.1. The smallest absolute Gasteiger partial charge is 0.349 e. The van der Waals surface area contributed by atoms with E-state index in [1.165, 1.54) is 0 Å². The average molecular weight is 281 g/mol. The van der Waals surface area contributed by atoms with Crippen molar-refractivity contribution in [1.82, 2.24) is 0 Å². The van der Waals surface area contributed by atoms with Gasteiger partial charge in [0.25, 0.3) is 0 Å². The van der Waals surface area contributed by atoms with Gasteiger partial charge in [-0.3, -0.25) is 0 Å². The Bertz CT molecular complexity index is 684. The van der Waals surface area contributed by atoms with Gasteiger partial charge in [0.2, 0.25) is 0 Å². The number of benzene rings is 2. The first kappa shape index (κ1) is 14.6. The number of nitrogens with zero attached hydrogens (tertiary/aromatic N) is 1. The number of nitriles is 1. The zero-order chi connectivity index (χ0) is 15.2. The normalized spacial score (nSPS) is 9.76. The monoisotopic (exact) mass is 281 g/mol. The molecule has 106 valence electrons. The Morgan fingerprint density at radius 1 is 1.14 bits per heavy atom. The molecule has 0 heterocycles. The van der Waals surface area contributed by atoms with Crippen molar-refractivity contribution in [3.05, 3.63) is 59.2 Å².